The minimum Gasteiger partial charge on any atom is -0.382 e. The number of hydrogen-bond donors (Lipinski definition) is 1. The number of hydrogen-bond acceptors (Lipinski definition) is 5. The fourth-order valence-electron chi connectivity index (χ4n) is 3.63. The molecule has 0 saturated carbocycles. The highest BCUT2D eigenvalue weighted by Crippen LogP contribution is 2.29. The fourth-order valence-corrected chi connectivity index (χ4v) is 3.90. The predicted molar refractivity (Wildman–Crippen MR) is 109 cm³/mol. The fraction of sp³-hybridized carbons (Fsp3) is 0.333. The van der Waals surface area contributed by atoms with Gasteiger partial charge >= 0.3 is 0 Å². The first kappa shape index (κ1) is 18.2. The van der Waals surface area contributed by atoms with E-state index in [1.165, 1.54) is 0 Å². The van der Waals surface area contributed by atoms with Crippen LogP contribution in [0, 0.1) is 6.92 Å². The van der Waals surface area contributed by atoms with E-state index >= 15 is 0 Å². The lowest BCUT2D eigenvalue weighted by atomic mass is 10.1. The Morgan fingerprint density at radius 3 is 2.78 bits per heavy atom. The Hall–Kier alpha value is -2.21. The van der Waals surface area contributed by atoms with Crippen molar-refractivity contribution >= 4 is 28.2 Å². The molecule has 0 bridgehead atoms. The van der Waals surface area contributed by atoms with Gasteiger partial charge in [-0.05, 0) is 42.8 Å². The number of aromatic nitrogens is 2. The Bertz CT molecular complexity index is 913. The van der Waals surface area contributed by atoms with Crippen molar-refractivity contribution in [1.29, 1.82) is 0 Å². The Morgan fingerprint density at radius 2 is 2.00 bits per heavy atom. The van der Waals surface area contributed by atoms with Crippen LogP contribution >= 0.6 is 11.6 Å². The predicted octanol–water partition coefficient (Wildman–Crippen LogP) is 4.08. The van der Waals surface area contributed by atoms with Crippen molar-refractivity contribution in [2.24, 2.45) is 0 Å². The highest BCUT2D eigenvalue weighted by Gasteiger charge is 2.23. The number of nitrogens with zero attached hydrogens (tertiary/aromatic N) is 3. The van der Waals surface area contributed by atoms with E-state index in [9.17, 15) is 0 Å². The number of anilines is 1. The van der Waals surface area contributed by atoms with Crippen LogP contribution in [0.4, 0.5) is 5.69 Å². The lowest BCUT2D eigenvalue weighted by Gasteiger charge is -2.34. The van der Waals surface area contributed by atoms with Gasteiger partial charge in [0.05, 0.1) is 30.5 Å². The van der Waals surface area contributed by atoms with Gasteiger partial charge in [-0.2, -0.15) is 0 Å². The molecule has 4 rings (SSSR count). The van der Waals surface area contributed by atoms with Gasteiger partial charge in [-0.15, -0.1) is 0 Å². The summed E-state index contributed by atoms with van der Waals surface area (Å²) in [6, 6.07) is 12.2. The van der Waals surface area contributed by atoms with Crippen molar-refractivity contribution in [2.45, 2.75) is 13.0 Å². The van der Waals surface area contributed by atoms with Crippen LogP contribution in [-0.4, -0.2) is 47.7 Å². The molecule has 5 nitrogen and oxygen atoms in total. The molecule has 3 aromatic rings. The highest BCUT2D eigenvalue weighted by atomic mass is 35.5. The average Bonchev–Trinajstić information content (AvgIpc) is 2.70. The zero-order valence-electron chi connectivity index (χ0n) is 15.4. The third-order valence-corrected chi connectivity index (χ3v) is 5.22. The maximum Gasteiger partial charge on any atom is 0.0752 e. The summed E-state index contributed by atoms with van der Waals surface area (Å²) in [5, 5.41) is 5.39. The number of rotatable bonds is 5. The molecule has 1 unspecified atom stereocenters. The van der Waals surface area contributed by atoms with Gasteiger partial charge in [0.1, 0.15) is 0 Å². The second-order valence-corrected chi connectivity index (χ2v) is 7.21. The van der Waals surface area contributed by atoms with Crippen LogP contribution in [0.5, 0.6) is 0 Å². The Labute approximate surface area is 164 Å². The monoisotopic (exact) mass is 382 g/mol. The molecule has 0 aliphatic carbocycles. The summed E-state index contributed by atoms with van der Waals surface area (Å²) in [6.45, 7) is 6.12. The number of ether oxygens (including phenoxy) is 1. The quantitative estimate of drug-likeness (QED) is 0.720. The van der Waals surface area contributed by atoms with Gasteiger partial charge < -0.3 is 10.1 Å². The van der Waals surface area contributed by atoms with Crippen molar-refractivity contribution < 1.29 is 4.74 Å². The summed E-state index contributed by atoms with van der Waals surface area (Å²) < 4.78 is 5.53. The molecule has 1 aliphatic heterocycles. The normalized spacial score (nSPS) is 16.4. The molecule has 3 heterocycles. The van der Waals surface area contributed by atoms with Crippen molar-refractivity contribution in [2.75, 3.05) is 38.2 Å². The van der Waals surface area contributed by atoms with E-state index in [-0.39, 0.29) is 6.04 Å². The van der Waals surface area contributed by atoms with Gasteiger partial charge in [0.2, 0.25) is 0 Å². The summed E-state index contributed by atoms with van der Waals surface area (Å²) in [6.07, 6.45) is 3.70. The zero-order chi connectivity index (χ0) is 18.6. The number of morpholine rings is 1. The molecule has 140 valence electrons. The van der Waals surface area contributed by atoms with E-state index in [0.717, 1.165) is 65.7 Å². The second kappa shape index (κ2) is 8.21. The standard InChI is InChI=1S/C21H23ClN4O/c1-15-12-16(22)13-17-18(5-7-24-21(15)17)25-14-20(19-4-2-3-6-23-19)26-8-10-27-11-9-26/h2-7,12-13,20H,8-11,14H2,1H3,(H,24,25). The van der Waals surface area contributed by atoms with Crippen LogP contribution < -0.4 is 5.32 Å². The van der Waals surface area contributed by atoms with E-state index in [1.807, 2.05) is 49.6 Å². The Morgan fingerprint density at radius 1 is 1.15 bits per heavy atom. The highest BCUT2D eigenvalue weighted by molar-refractivity contribution is 6.31. The van der Waals surface area contributed by atoms with Crippen LogP contribution in [0.1, 0.15) is 17.3 Å². The first-order valence-electron chi connectivity index (χ1n) is 9.24. The summed E-state index contributed by atoms with van der Waals surface area (Å²) in [5.41, 5.74) is 4.17. The number of aryl methyl sites for hydroxylation is 1. The van der Waals surface area contributed by atoms with Crippen LogP contribution in [0.15, 0.2) is 48.8 Å². The van der Waals surface area contributed by atoms with Crippen molar-refractivity contribution in [3.8, 4) is 0 Å². The molecular weight excluding hydrogens is 360 g/mol. The number of benzene rings is 1. The van der Waals surface area contributed by atoms with Gasteiger partial charge in [-0.25, -0.2) is 0 Å². The number of pyridine rings is 2. The molecule has 1 fully saturated rings. The van der Waals surface area contributed by atoms with Gasteiger partial charge in [0, 0.05) is 48.1 Å². The SMILES string of the molecule is Cc1cc(Cl)cc2c(NCC(c3ccccn3)N3CCOCC3)ccnc12. The molecule has 0 radical (unpaired) electrons. The molecule has 2 aromatic heterocycles. The summed E-state index contributed by atoms with van der Waals surface area (Å²) in [4.78, 5) is 11.6. The van der Waals surface area contributed by atoms with E-state index in [4.69, 9.17) is 16.3 Å². The van der Waals surface area contributed by atoms with Crippen molar-refractivity contribution in [3.05, 3.63) is 65.1 Å². The van der Waals surface area contributed by atoms with Gasteiger partial charge in [0.25, 0.3) is 0 Å². The molecule has 0 spiro atoms. The van der Waals surface area contributed by atoms with Gasteiger partial charge in [-0.1, -0.05) is 17.7 Å². The number of halogens is 1. The number of nitrogens with one attached hydrogen (secondary N) is 1. The van der Waals surface area contributed by atoms with Crippen LogP contribution in [0.3, 0.4) is 0 Å². The lowest BCUT2D eigenvalue weighted by molar-refractivity contribution is 0.0179. The second-order valence-electron chi connectivity index (χ2n) is 6.78. The van der Waals surface area contributed by atoms with Gasteiger partial charge in [-0.3, -0.25) is 14.9 Å². The molecular formula is C21H23ClN4O. The van der Waals surface area contributed by atoms with E-state index in [0.29, 0.717) is 0 Å². The summed E-state index contributed by atoms with van der Waals surface area (Å²) in [7, 11) is 0. The molecule has 1 aliphatic rings. The smallest absolute Gasteiger partial charge is 0.0752 e. The average molecular weight is 383 g/mol. The molecule has 1 atom stereocenters. The molecule has 1 aromatic carbocycles. The maximum atomic E-state index is 6.29. The molecule has 6 heteroatoms. The molecule has 0 amide bonds. The van der Waals surface area contributed by atoms with E-state index in [2.05, 4.69) is 26.3 Å². The Kier molecular flexibility index (Phi) is 5.53. The molecule has 1 N–H and O–H groups in total. The van der Waals surface area contributed by atoms with Crippen LogP contribution in [-0.2, 0) is 4.74 Å². The summed E-state index contributed by atoms with van der Waals surface area (Å²) in [5.74, 6) is 0. The van der Waals surface area contributed by atoms with Crippen molar-refractivity contribution in [3.63, 3.8) is 0 Å². The minimum atomic E-state index is 0.179. The zero-order valence-corrected chi connectivity index (χ0v) is 16.1. The Balaban J connectivity index is 1.62. The third-order valence-electron chi connectivity index (χ3n) is 5.00. The van der Waals surface area contributed by atoms with Crippen LogP contribution in [0.2, 0.25) is 5.02 Å². The lowest BCUT2D eigenvalue weighted by Crippen LogP contribution is -2.41. The molecule has 1 saturated heterocycles. The minimum absolute atomic E-state index is 0.179. The van der Waals surface area contributed by atoms with Crippen molar-refractivity contribution in [1.82, 2.24) is 14.9 Å². The van der Waals surface area contributed by atoms with E-state index in [1.54, 1.807) is 0 Å². The van der Waals surface area contributed by atoms with Crippen LogP contribution in [0.25, 0.3) is 10.9 Å². The van der Waals surface area contributed by atoms with Gasteiger partial charge in [0.15, 0.2) is 0 Å². The maximum absolute atomic E-state index is 6.29. The topological polar surface area (TPSA) is 50.3 Å². The third kappa shape index (κ3) is 4.05. The first-order chi connectivity index (χ1) is 13.2. The summed E-state index contributed by atoms with van der Waals surface area (Å²) >= 11 is 6.29. The van der Waals surface area contributed by atoms with E-state index < -0.39 is 0 Å². The number of fused-ring (bicyclic) bond motifs is 1. The molecule has 27 heavy (non-hydrogen) atoms. The first-order valence-corrected chi connectivity index (χ1v) is 9.61. The largest absolute Gasteiger partial charge is 0.382 e.